The van der Waals surface area contributed by atoms with Crippen LogP contribution >= 0.6 is 0 Å². The van der Waals surface area contributed by atoms with Crippen molar-refractivity contribution in [3.05, 3.63) is 59.3 Å². The molecule has 0 atom stereocenters. The minimum atomic E-state index is -0.478. The quantitative estimate of drug-likeness (QED) is 0.843. The maximum absolute atomic E-state index is 14.0. The molecule has 2 saturated heterocycles. The highest BCUT2D eigenvalue weighted by atomic mass is 19.1. The highest BCUT2D eigenvalue weighted by Crippen LogP contribution is 2.40. The fourth-order valence-electron chi connectivity index (χ4n) is 3.90. The highest BCUT2D eigenvalue weighted by Gasteiger charge is 2.50. The van der Waals surface area contributed by atoms with Gasteiger partial charge >= 0.3 is 0 Å². The maximum atomic E-state index is 14.0. The van der Waals surface area contributed by atoms with E-state index in [0.29, 0.717) is 37.3 Å². The van der Waals surface area contributed by atoms with Gasteiger partial charge < -0.3 is 14.2 Å². The van der Waals surface area contributed by atoms with Gasteiger partial charge in [0.1, 0.15) is 12.1 Å². The maximum Gasteiger partial charge on any atom is 0.257 e. The van der Waals surface area contributed by atoms with E-state index in [1.165, 1.54) is 18.6 Å². The first kappa shape index (κ1) is 15.9. The summed E-state index contributed by atoms with van der Waals surface area (Å²) >= 11 is 0. The van der Waals surface area contributed by atoms with E-state index in [9.17, 15) is 14.0 Å². The summed E-state index contributed by atoms with van der Waals surface area (Å²) in [6.45, 7) is 4.16. The Balaban J connectivity index is 1.42. The lowest BCUT2D eigenvalue weighted by molar-refractivity contribution is 0.0106. The third kappa shape index (κ3) is 2.62. The molecule has 1 aromatic carbocycles. The third-order valence-electron chi connectivity index (χ3n) is 5.27. The number of rotatable bonds is 2. The van der Waals surface area contributed by atoms with Crippen LogP contribution in [-0.4, -0.2) is 47.8 Å². The Kier molecular flexibility index (Phi) is 3.63. The second-order valence-electron chi connectivity index (χ2n) is 7.08. The molecule has 25 heavy (non-hydrogen) atoms. The van der Waals surface area contributed by atoms with Gasteiger partial charge in [0, 0.05) is 31.6 Å². The Morgan fingerprint density at radius 2 is 1.88 bits per heavy atom. The van der Waals surface area contributed by atoms with E-state index in [2.05, 4.69) is 0 Å². The van der Waals surface area contributed by atoms with Gasteiger partial charge in [-0.25, -0.2) is 4.39 Å². The fraction of sp³-hybridized carbons (Fsp3) is 0.368. The molecule has 2 aliphatic rings. The lowest BCUT2D eigenvalue weighted by atomic mass is 9.78. The monoisotopic (exact) mass is 342 g/mol. The first-order valence-corrected chi connectivity index (χ1v) is 8.35. The van der Waals surface area contributed by atoms with Gasteiger partial charge in [-0.05, 0) is 31.0 Å². The van der Waals surface area contributed by atoms with Crippen molar-refractivity contribution in [2.45, 2.75) is 13.3 Å². The molecule has 0 radical (unpaired) electrons. The van der Waals surface area contributed by atoms with Crippen LogP contribution in [0.5, 0.6) is 0 Å². The zero-order valence-electron chi connectivity index (χ0n) is 14.0. The van der Waals surface area contributed by atoms with Gasteiger partial charge in [0.05, 0.1) is 17.4 Å². The van der Waals surface area contributed by atoms with Crippen LogP contribution in [0.4, 0.5) is 4.39 Å². The Hall–Kier alpha value is -2.63. The number of nitrogens with zero attached hydrogens (tertiary/aromatic N) is 2. The average Bonchev–Trinajstić information content (AvgIpc) is 3.22. The van der Waals surface area contributed by atoms with E-state index >= 15 is 0 Å². The lowest BCUT2D eigenvalue weighted by Crippen LogP contribution is -2.59. The lowest BCUT2D eigenvalue weighted by Gasteiger charge is -2.48. The topological polar surface area (TPSA) is 53.8 Å². The minimum absolute atomic E-state index is 0.0413. The van der Waals surface area contributed by atoms with Crippen LogP contribution < -0.4 is 0 Å². The van der Waals surface area contributed by atoms with Crippen LogP contribution in [0.25, 0.3) is 0 Å². The van der Waals surface area contributed by atoms with E-state index in [-0.39, 0.29) is 22.8 Å². The molecule has 2 aromatic rings. The van der Waals surface area contributed by atoms with Crippen LogP contribution in [0.2, 0.25) is 0 Å². The summed E-state index contributed by atoms with van der Waals surface area (Å²) in [4.78, 5) is 28.5. The molecule has 130 valence electrons. The molecule has 2 amide bonds. The smallest absolute Gasteiger partial charge is 0.257 e. The van der Waals surface area contributed by atoms with E-state index in [4.69, 9.17) is 4.42 Å². The zero-order valence-corrected chi connectivity index (χ0v) is 14.0. The molecule has 3 heterocycles. The summed E-state index contributed by atoms with van der Waals surface area (Å²) in [6.07, 6.45) is 3.79. The molecule has 6 heteroatoms. The number of halogens is 1. The molecule has 2 aliphatic heterocycles. The van der Waals surface area contributed by atoms with Crippen LogP contribution in [-0.2, 0) is 0 Å². The number of amides is 2. The van der Waals surface area contributed by atoms with Crippen molar-refractivity contribution in [2.24, 2.45) is 5.41 Å². The Morgan fingerprint density at radius 1 is 1.12 bits per heavy atom. The molecular formula is C19H19FN2O3. The molecular weight excluding hydrogens is 323 g/mol. The van der Waals surface area contributed by atoms with Crippen molar-refractivity contribution in [1.82, 2.24) is 9.80 Å². The Morgan fingerprint density at radius 3 is 2.56 bits per heavy atom. The zero-order chi connectivity index (χ0) is 17.6. The van der Waals surface area contributed by atoms with E-state index in [1.54, 1.807) is 34.9 Å². The number of furan rings is 1. The molecule has 0 aliphatic carbocycles. The first-order chi connectivity index (χ1) is 12.0. The predicted octanol–water partition coefficient (Wildman–Crippen LogP) is 2.72. The molecule has 5 nitrogen and oxygen atoms in total. The van der Waals surface area contributed by atoms with Gasteiger partial charge in [0.2, 0.25) is 0 Å². The van der Waals surface area contributed by atoms with Crippen molar-refractivity contribution < 1.29 is 18.4 Å². The molecule has 0 saturated carbocycles. The van der Waals surface area contributed by atoms with Crippen LogP contribution in [0.1, 0.15) is 32.7 Å². The second-order valence-corrected chi connectivity index (χ2v) is 7.08. The van der Waals surface area contributed by atoms with Gasteiger partial charge in [0.25, 0.3) is 11.8 Å². The number of carbonyl (C=O) groups is 2. The summed E-state index contributed by atoms with van der Waals surface area (Å²) in [5.41, 5.74) is 1.29. The summed E-state index contributed by atoms with van der Waals surface area (Å²) in [5.74, 6) is -0.782. The standard InChI is InChI=1S/C19H19FN2O3/c1-13-3-2-4-15(20)16(13)18(24)22-11-19(12-22)6-7-21(10-19)17(23)14-5-8-25-9-14/h2-5,8-9H,6-7,10-12H2,1H3. The van der Waals surface area contributed by atoms with E-state index in [0.717, 1.165) is 6.42 Å². The molecule has 1 aromatic heterocycles. The second kappa shape index (κ2) is 5.72. The van der Waals surface area contributed by atoms with Gasteiger partial charge in [-0.2, -0.15) is 0 Å². The Labute approximate surface area is 145 Å². The van der Waals surface area contributed by atoms with Gasteiger partial charge in [0.15, 0.2) is 0 Å². The first-order valence-electron chi connectivity index (χ1n) is 8.35. The van der Waals surface area contributed by atoms with E-state index in [1.807, 2.05) is 0 Å². The molecule has 2 fully saturated rings. The highest BCUT2D eigenvalue weighted by molar-refractivity contribution is 5.97. The number of hydrogen-bond acceptors (Lipinski definition) is 3. The molecule has 4 rings (SSSR count). The van der Waals surface area contributed by atoms with Crippen molar-refractivity contribution >= 4 is 11.8 Å². The number of carbonyl (C=O) groups excluding carboxylic acids is 2. The summed E-state index contributed by atoms with van der Waals surface area (Å²) in [6, 6.07) is 6.32. The SMILES string of the molecule is Cc1cccc(F)c1C(=O)N1CC2(CCN(C(=O)c3ccoc3)C2)C1. The number of likely N-dealkylation sites (tertiary alicyclic amines) is 2. The molecule has 0 N–H and O–H groups in total. The molecule has 0 unspecified atom stereocenters. The summed E-state index contributed by atoms with van der Waals surface area (Å²) < 4.78 is 19.0. The van der Waals surface area contributed by atoms with Gasteiger partial charge in [-0.3, -0.25) is 9.59 Å². The van der Waals surface area contributed by atoms with Gasteiger partial charge in [-0.15, -0.1) is 0 Å². The third-order valence-corrected chi connectivity index (χ3v) is 5.27. The number of hydrogen-bond donors (Lipinski definition) is 0. The largest absolute Gasteiger partial charge is 0.472 e. The van der Waals surface area contributed by atoms with Crippen LogP contribution in [0, 0.1) is 18.2 Å². The van der Waals surface area contributed by atoms with Gasteiger partial charge in [-0.1, -0.05) is 12.1 Å². The van der Waals surface area contributed by atoms with E-state index < -0.39 is 5.82 Å². The summed E-state index contributed by atoms with van der Waals surface area (Å²) in [7, 11) is 0. The van der Waals surface area contributed by atoms with Crippen molar-refractivity contribution in [3.8, 4) is 0 Å². The minimum Gasteiger partial charge on any atom is -0.472 e. The van der Waals surface area contributed by atoms with Crippen LogP contribution in [0.3, 0.4) is 0 Å². The molecule has 1 spiro atoms. The Bertz CT molecular complexity index is 805. The fourth-order valence-corrected chi connectivity index (χ4v) is 3.90. The van der Waals surface area contributed by atoms with Crippen molar-refractivity contribution in [1.29, 1.82) is 0 Å². The predicted molar refractivity (Wildman–Crippen MR) is 88.7 cm³/mol. The average molecular weight is 342 g/mol. The number of benzene rings is 1. The van der Waals surface area contributed by atoms with Crippen molar-refractivity contribution in [2.75, 3.05) is 26.2 Å². The van der Waals surface area contributed by atoms with Crippen LogP contribution in [0.15, 0.2) is 41.2 Å². The normalized spacial score (nSPS) is 18.5. The summed E-state index contributed by atoms with van der Waals surface area (Å²) in [5, 5.41) is 0. The molecule has 0 bridgehead atoms. The van der Waals surface area contributed by atoms with Crippen molar-refractivity contribution in [3.63, 3.8) is 0 Å². The number of aryl methyl sites for hydroxylation is 1.